The third-order valence-corrected chi connectivity index (χ3v) is 11.4. The number of hydrogen-bond acceptors (Lipinski definition) is 5. The first-order chi connectivity index (χ1) is 26.4. The lowest BCUT2D eigenvalue weighted by Gasteiger charge is -2.44. The molecule has 54 heavy (non-hydrogen) atoms. The van der Waals surface area contributed by atoms with Crippen LogP contribution in [0.1, 0.15) is 58.1 Å². The number of rotatable bonds is 7. The van der Waals surface area contributed by atoms with Gasteiger partial charge in [0.25, 0.3) is 11.8 Å². The van der Waals surface area contributed by atoms with E-state index in [0.717, 1.165) is 62.8 Å². The quantitative estimate of drug-likeness (QED) is 0.129. The van der Waals surface area contributed by atoms with Crippen LogP contribution in [0.4, 0.5) is 16.2 Å². The van der Waals surface area contributed by atoms with Gasteiger partial charge >= 0.3 is 6.03 Å². The van der Waals surface area contributed by atoms with E-state index < -0.39 is 17.8 Å². The molecule has 0 aliphatic carbocycles. The van der Waals surface area contributed by atoms with Gasteiger partial charge < -0.3 is 9.64 Å². The van der Waals surface area contributed by atoms with Gasteiger partial charge in [0.2, 0.25) is 0 Å². The van der Waals surface area contributed by atoms with Gasteiger partial charge in [0.1, 0.15) is 17.9 Å². The molecule has 0 aromatic heterocycles. The van der Waals surface area contributed by atoms with Crippen LogP contribution >= 0.6 is 15.9 Å². The van der Waals surface area contributed by atoms with E-state index in [1.54, 1.807) is 6.08 Å². The molecular weight excluding hydrogens is 738 g/mol. The van der Waals surface area contributed by atoms with Crippen molar-refractivity contribution in [3.8, 4) is 5.75 Å². The van der Waals surface area contributed by atoms with Gasteiger partial charge in [-0.25, -0.2) is 9.69 Å². The second kappa shape index (κ2) is 14.1. The predicted molar refractivity (Wildman–Crippen MR) is 216 cm³/mol. The van der Waals surface area contributed by atoms with Gasteiger partial charge in [-0.15, -0.1) is 0 Å². The highest BCUT2D eigenvalue weighted by Gasteiger charge is 2.41. The zero-order valence-electron chi connectivity index (χ0n) is 29.4. The molecule has 6 aromatic carbocycles. The van der Waals surface area contributed by atoms with E-state index >= 15 is 0 Å². The molecule has 266 valence electrons. The lowest BCUT2D eigenvalue weighted by Crippen LogP contribution is -2.54. The minimum atomic E-state index is -0.769. The standard InChI is InChI=1S/C46H36BrN3O4/c47-33-18-15-29(16-19-33)28-54-42-20-17-32-13-7-8-14-35(32)38(42)27-41-44(51)48-46(53)50(45(41)52)34-25-39-36(30-9-3-1-4-10-30)21-23-49-24-22-37(40(26-34)43(39)49)31-11-5-2-6-12-31/h1-20,25-27,36-37H,21-24,28H2,(H,48,51,53)/b41-27+/t36-,37-/m1/s1. The fraction of sp³-hybridized carbons (Fsp3) is 0.152. The second-order valence-corrected chi connectivity index (χ2v) is 15.0. The molecule has 3 aliphatic heterocycles. The van der Waals surface area contributed by atoms with Crippen LogP contribution in [-0.2, 0) is 16.2 Å². The van der Waals surface area contributed by atoms with Crippen molar-refractivity contribution in [1.29, 1.82) is 0 Å². The number of halogens is 1. The molecule has 0 saturated carbocycles. The second-order valence-electron chi connectivity index (χ2n) is 14.0. The maximum atomic E-state index is 14.7. The molecule has 7 nitrogen and oxygen atoms in total. The minimum Gasteiger partial charge on any atom is -0.488 e. The Morgan fingerprint density at radius 2 is 1.33 bits per heavy atom. The number of barbiturate groups is 1. The summed E-state index contributed by atoms with van der Waals surface area (Å²) in [7, 11) is 0. The monoisotopic (exact) mass is 773 g/mol. The van der Waals surface area contributed by atoms with Crippen LogP contribution in [0.5, 0.6) is 5.75 Å². The lowest BCUT2D eigenvalue weighted by molar-refractivity contribution is -0.122. The summed E-state index contributed by atoms with van der Waals surface area (Å²) in [6.45, 7) is 2.12. The SMILES string of the molecule is O=C1NC(=O)N(c2cc3c4c(c2)[C@@H](c2ccccc2)CCN4CC[C@@H]3c2ccccc2)C(=O)/C1=C/c1c(OCc2ccc(Br)cc2)ccc2ccccc12. The van der Waals surface area contributed by atoms with Gasteiger partial charge in [0, 0.05) is 40.6 Å². The summed E-state index contributed by atoms with van der Waals surface area (Å²) >= 11 is 3.48. The molecule has 2 atom stereocenters. The minimum absolute atomic E-state index is 0.0754. The molecular formula is C46H36BrN3O4. The molecule has 0 spiro atoms. The lowest BCUT2D eigenvalue weighted by atomic mass is 9.76. The summed E-state index contributed by atoms with van der Waals surface area (Å²) in [5.41, 5.74) is 7.58. The van der Waals surface area contributed by atoms with Crippen molar-refractivity contribution in [2.45, 2.75) is 31.3 Å². The molecule has 3 heterocycles. The van der Waals surface area contributed by atoms with Crippen molar-refractivity contribution in [2.24, 2.45) is 0 Å². The zero-order valence-corrected chi connectivity index (χ0v) is 31.0. The maximum absolute atomic E-state index is 14.7. The van der Waals surface area contributed by atoms with Crippen LogP contribution in [0.2, 0.25) is 0 Å². The van der Waals surface area contributed by atoms with Crippen molar-refractivity contribution < 1.29 is 19.1 Å². The molecule has 1 saturated heterocycles. The van der Waals surface area contributed by atoms with Gasteiger partial charge in [-0.3, -0.25) is 14.9 Å². The van der Waals surface area contributed by atoms with E-state index in [-0.39, 0.29) is 24.0 Å². The molecule has 8 heteroatoms. The van der Waals surface area contributed by atoms with Crippen LogP contribution in [-0.4, -0.2) is 30.9 Å². The van der Waals surface area contributed by atoms with Crippen molar-refractivity contribution in [1.82, 2.24) is 5.32 Å². The summed E-state index contributed by atoms with van der Waals surface area (Å²) in [4.78, 5) is 45.7. The van der Waals surface area contributed by atoms with Gasteiger partial charge in [0.15, 0.2) is 0 Å². The van der Waals surface area contributed by atoms with Crippen LogP contribution in [0.25, 0.3) is 16.8 Å². The largest absolute Gasteiger partial charge is 0.488 e. The van der Waals surface area contributed by atoms with Crippen molar-refractivity contribution in [3.05, 3.63) is 177 Å². The fourth-order valence-electron chi connectivity index (χ4n) is 8.30. The Bertz CT molecular complexity index is 2390. The van der Waals surface area contributed by atoms with Crippen molar-refractivity contribution >= 4 is 62.0 Å². The first-order valence-corrected chi connectivity index (χ1v) is 19.1. The average molecular weight is 775 g/mol. The molecule has 0 bridgehead atoms. The predicted octanol–water partition coefficient (Wildman–Crippen LogP) is 9.73. The van der Waals surface area contributed by atoms with Gasteiger partial charge in [0.05, 0.1) is 5.69 Å². The summed E-state index contributed by atoms with van der Waals surface area (Å²) < 4.78 is 7.31. The number of fused-ring (bicyclic) bond motifs is 1. The zero-order chi connectivity index (χ0) is 36.8. The molecule has 0 unspecified atom stereocenters. The Labute approximate surface area is 322 Å². The summed E-state index contributed by atoms with van der Waals surface area (Å²) in [5, 5.41) is 4.23. The maximum Gasteiger partial charge on any atom is 0.335 e. The molecule has 3 aliphatic rings. The number of ether oxygens (including phenoxy) is 1. The highest BCUT2D eigenvalue weighted by Crippen LogP contribution is 2.50. The topological polar surface area (TPSA) is 79.0 Å². The van der Waals surface area contributed by atoms with Crippen molar-refractivity contribution in [3.63, 3.8) is 0 Å². The number of anilines is 2. The smallest absolute Gasteiger partial charge is 0.335 e. The van der Waals surface area contributed by atoms with E-state index in [2.05, 4.69) is 74.7 Å². The average Bonchev–Trinajstić information content (AvgIpc) is 3.20. The first kappa shape index (κ1) is 33.8. The van der Waals surface area contributed by atoms with E-state index in [4.69, 9.17) is 4.74 Å². The van der Waals surface area contributed by atoms with Crippen LogP contribution in [0.3, 0.4) is 0 Å². The molecule has 6 aromatic rings. The Kier molecular flexibility index (Phi) is 8.83. The normalized spacial score (nSPS) is 18.8. The Morgan fingerprint density at radius 3 is 1.98 bits per heavy atom. The number of imide groups is 2. The van der Waals surface area contributed by atoms with Crippen LogP contribution in [0, 0.1) is 0 Å². The van der Waals surface area contributed by atoms with Gasteiger partial charge in [-0.2, -0.15) is 0 Å². The third-order valence-electron chi connectivity index (χ3n) is 10.9. The molecule has 0 radical (unpaired) electrons. The molecule has 1 N–H and O–H groups in total. The first-order valence-electron chi connectivity index (χ1n) is 18.3. The van der Waals surface area contributed by atoms with E-state index in [1.807, 2.05) is 84.9 Å². The Hall–Kier alpha value is -5.99. The number of carbonyl (C=O) groups excluding carboxylic acids is 3. The highest BCUT2D eigenvalue weighted by atomic mass is 79.9. The van der Waals surface area contributed by atoms with Gasteiger partial charge in [-0.05, 0) is 87.8 Å². The molecule has 1 fully saturated rings. The van der Waals surface area contributed by atoms with Gasteiger partial charge in [-0.1, -0.05) is 119 Å². The number of carbonyl (C=O) groups is 3. The third kappa shape index (κ3) is 6.16. The number of benzene rings is 6. The molecule has 4 amide bonds. The summed E-state index contributed by atoms with van der Waals surface area (Å²) in [6.07, 6.45) is 3.38. The Morgan fingerprint density at radius 1 is 0.722 bits per heavy atom. The number of urea groups is 1. The number of amides is 4. The van der Waals surface area contributed by atoms with Crippen LogP contribution < -0.4 is 19.9 Å². The highest BCUT2D eigenvalue weighted by molar-refractivity contribution is 9.10. The number of nitrogens with zero attached hydrogens (tertiary/aromatic N) is 2. The summed E-state index contributed by atoms with van der Waals surface area (Å²) in [6, 6.07) is 43.5. The van der Waals surface area contributed by atoms with Crippen molar-refractivity contribution in [2.75, 3.05) is 22.9 Å². The number of hydrogen-bond donors (Lipinski definition) is 1. The Balaban J connectivity index is 1.17. The fourth-order valence-corrected chi connectivity index (χ4v) is 8.56. The summed E-state index contributed by atoms with van der Waals surface area (Å²) in [5.74, 6) is -0.762. The molecule has 9 rings (SSSR count). The number of nitrogens with one attached hydrogen (secondary N) is 1. The van der Waals surface area contributed by atoms with E-state index in [0.29, 0.717) is 17.0 Å². The van der Waals surface area contributed by atoms with Crippen LogP contribution in [0.15, 0.2) is 144 Å². The van der Waals surface area contributed by atoms with E-state index in [1.165, 1.54) is 16.8 Å². The van der Waals surface area contributed by atoms with E-state index in [9.17, 15) is 14.4 Å².